The molecule has 5 rings (SSSR count). The summed E-state index contributed by atoms with van der Waals surface area (Å²) in [5, 5.41) is 0. The van der Waals surface area contributed by atoms with Crippen LogP contribution in [0.2, 0.25) is 0 Å². The number of rotatable bonds is 2. The van der Waals surface area contributed by atoms with E-state index < -0.39 is 0 Å². The summed E-state index contributed by atoms with van der Waals surface area (Å²) in [4.78, 5) is 2.80. The molecule has 1 saturated heterocycles. The van der Waals surface area contributed by atoms with Crippen molar-refractivity contribution >= 4 is 0 Å². The minimum absolute atomic E-state index is 0.751. The number of benzene rings is 2. The predicted octanol–water partition coefficient (Wildman–Crippen LogP) is 4.63. The molecule has 1 nitrogen and oxygen atoms in total. The SMILES string of the molecule is c1ccc(CC2CC[C@H]3CCN4Cc5ccccc5[C@H]2[C@@H]34)cc1. The van der Waals surface area contributed by atoms with Gasteiger partial charge < -0.3 is 0 Å². The molecule has 2 fully saturated rings. The molecule has 1 aliphatic carbocycles. The fourth-order valence-electron chi connectivity index (χ4n) is 5.66. The van der Waals surface area contributed by atoms with Crippen LogP contribution in [0.4, 0.5) is 0 Å². The Morgan fingerprint density at radius 3 is 2.61 bits per heavy atom. The second-order valence-corrected chi connectivity index (χ2v) is 7.76. The highest BCUT2D eigenvalue weighted by molar-refractivity contribution is 5.37. The van der Waals surface area contributed by atoms with Gasteiger partial charge >= 0.3 is 0 Å². The van der Waals surface area contributed by atoms with E-state index >= 15 is 0 Å². The first-order chi connectivity index (χ1) is 11.4. The van der Waals surface area contributed by atoms with Crippen LogP contribution in [0.15, 0.2) is 54.6 Å². The van der Waals surface area contributed by atoms with Crippen molar-refractivity contribution in [3.05, 3.63) is 71.3 Å². The molecular weight excluding hydrogens is 278 g/mol. The van der Waals surface area contributed by atoms with Crippen molar-refractivity contribution in [2.24, 2.45) is 11.8 Å². The first kappa shape index (κ1) is 13.8. The lowest BCUT2D eigenvalue weighted by Crippen LogP contribution is -2.47. The van der Waals surface area contributed by atoms with Crippen molar-refractivity contribution in [2.75, 3.05) is 6.54 Å². The summed E-state index contributed by atoms with van der Waals surface area (Å²) >= 11 is 0. The molecule has 0 radical (unpaired) electrons. The zero-order chi connectivity index (χ0) is 15.2. The van der Waals surface area contributed by atoms with E-state index in [1.54, 1.807) is 11.1 Å². The van der Waals surface area contributed by atoms with E-state index in [0.29, 0.717) is 0 Å². The fourth-order valence-corrected chi connectivity index (χ4v) is 5.66. The van der Waals surface area contributed by atoms with E-state index in [2.05, 4.69) is 59.5 Å². The van der Waals surface area contributed by atoms with Crippen LogP contribution < -0.4 is 0 Å². The molecule has 2 aromatic rings. The first-order valence-corrected chi connectivity index (χ1v) is 9.26. The molecule has 2 aliphatic heterocycles. The van der Waals surface area contributed by atoms with Gasteiger partial charge in [-0.05, 0) is 60.8 Å². The molecule has 4 atom stereocenters. The molecule has 0 bridgehead atoms. The van der Waals surface area contributed by atoms with Crippen molar-refractivity contribution in [3.8, 4) is 0 Å². The van der Waals surface area contributed by atoms with Crippen LogP contribution in [0.3, 0.4) is 0 Å². The lowest BCUT2D eigenvalue weighted by molar-refractivity contribution is 0.0964. The van der Waals surface area contributed by atoms with Crippen molar-refractivity contribution in [1.82, 2.24) is 4.90 Å². The molecule has 1 saturated carbocycles. The number of fused-ring (bicyclic) bond motifs is 2. The van der Waals surface area contributed by atoms with Crippen LogP contribution in [0, 0.1) is 11.8 Å². The van der Waals surface area contributed by atoms with Crippen LogP contribution in [0.5, 0.6) is 0 Å². The van der Waals surface area contributed by atoms with E-state index in [1.807, 2.05) is 0 Å². The minimum atomic E-state index is 0.751. The van der Waals surface area contributed by atoms with E-state index in [1.165, 1.54) is 44.3 Å². The quantitative estimate of drug-likeness (QED) is 0.782. The Hall–Kier alpha value is -1.60. The molecule has 0 spiro atoms. The van der Waals surface area contributed by atoms with Crippen molar-refractivity contribution in [3.63, 3.8) is 0 Å². The van der Waals surface area contributed by atoms with Gasteiger partial charge in [-0.2, -0.15) is 0 Å². The third-order valence-electron chi connectivity index (χ3n) is 6.60. The summed E-state index contributed by atoms with van der Waals surface area (Å²) in [6, 6.07) is 21.2. The number of hydrogen-bond acceptors (Lipinski definition) is 1. The van der Waals surface area contributed by atoms with Gasteiger partial charge in [-0.15, -0.1) is 0 Å². The molecule has 23 heavy (non-hydrogen) atoms. The third-order valence-corrected chi connectivity index (χ3v) is 6.60. The number of hydrogen-bond donors (Lipinski definition) is 0. The Morgan fingerprint density at radius 2 is 1.70 bits per heavy atom. The van der Waals surface area contributed by atoms with Gasteiger partial charge in [0, 0.05) is 18.5 Å². The molecule has 0 N–H and O–H groups in total. The summed E-state index contributed by atoms with van der Waals surface area (Å²) in [6.45, 7) is 2.50. The topological polar surface area (TPSA) is 3.24 Å². The summed E-state index contributed by atoms with van der Waals surface area (Å²) in [7, 11) is 0. The monoisotopic (exact) mass is 303 g/mol. The number of nitrogens with zero attached hydrogens (tertiary/aromatic N) is 1. The van der Waals surface area contributed by atoms with Gasteiger partial charge in [-0.3, -0.25) is 4.90 Å². The Morgan fingerprint density at radius 1 is 0.870 bits per heavy atom. The van der Waals surface area contributed by atoms with Gasteiger partial charge in [0.15, 0.2) is 0 Å². The molecule has 2 aromatic carbocycles. The summed E-state index contributed by atoms with van der Waals surface area (Å²) in [6.07, 6.45) is 5.52. The van der Waals surface area contributed by atoms with Crippen LogP contribution in [-0.4, -0.2) is 17.5 Å². The molecule has 0 amide bonds. The minimum Gasteiger partial charge on any atom is -0.295 e. The van der Waals surface area contributed by atoms with Crippen LogP contribution in [-0.2, 0) is 13.0 Å². The summed E-state index contributed by atoms with van der Waals surface area (Å²) in [5.41, 5.74) is 4.78. The summed E-state index contributed by atoms with van der Waals surface area (Å²) < 4.78 is 0. The van der Waals surface area contributed by atoms with E-state index in [4.69, 9.17) is 0 Å². The van der Waals surface area contributed by atoms with Gasteiger partial charge in [-0.25, -0.2) is 0 Å². The lowest BCUT2D eigenvalue weighted by Gasteiger charge is -2.48. The Balaban J connectivity index is 1.54. The molecular formula is C22H25N. The Kier molecular flexibility index (Phi) is 3.29. The Bertz CT molecular complexity index is 692. The fraction of sp³-hybridized carbons (Fsp3) is 0.455. The molecule has 1 unspecified atom stereocenters. The highest BCUT2D eigenvalue weighted by Gasteiger charge is 2.48. The highest BCUT2D eigenvalue weighted by atomic mass is 15.2. The maximum Gasteiger partial charge on any atom is 0.0239 e. The van der Waals surface area contributed by atoms with Crippen LogP contribution in [0.25, 0.3) is 0 Å². The van der Waals surface area contributed by atoms with Crippen molar-refractivity contribution in [1.29, 1.82) is 0 Å². The Labute approximate surface area is 139 Å². The summed E-state index contributed by atoms with van der Waals surface area (Å²) in [5.74, 6) is 2.50. The largest absolute Gasteiger partial charge is 0.295 e. The van der Waals surface area contributed by atoms with E-state index in [-0.39, 0.29) is 0 Å². The zero-order valence-corrected chi connectivity index (χ0v) is 13.7. The second kappa shape index (κ2) is 5.49. The van der Waals surface area contributed by atoms with Gasteiger partial charge in [0.2, 0.25) is 0 Å². The lowest BCUT2D eigenvalue weighted by atomic mass is 9.64. The van der Waals surface area contributed by atoms with Gasteiger partial charge in [0.1, 0.15) is 0 Å². The standard InChI is InChI=1S/C22H25N/c1-2-6-16(7-3-1)14-18-11-10-17-12-13-23-15-19-8-4-5-9-20(19)21(18)22(17)23/h1-9,17-18,21-22H,10-15H2/t17-,18?,21-,22+/m0/s1. The van der Waals surface area contributed by atoms with Crippen molar-refractivity contribution in [2.45, 2.75) is 44.2 Å². The highest BCUT2D eigenvalue weighted by Crippen LogP contribution is 2.52. The molecule has 0 aromatic heterocycles. The zero-order valence-electron chi connectivity index (χ0n) is 13.7. The molecule has 3 aliphatic rings. The van der Waals surface area contributed by atoms with Crippen LogP contribution >= 0.6 is 0 Å². The second-order valence-electron chi connectivity index (χ2n) is 7.76. The van der Waals surface area contributed by atoms with Gasteiger partial charge in [0.05, 0.1) is 0 Å². The maximum atomic E-state index is 2.80. The average Bonchev–Trinajstić information content (AvgIpc) is 3.01. The smallest absolute Gasteiger partial charge is 0.0239 e. The predicted molar refractivity (Wildman–Crippen MR) is 94.4 cm³/mol. The molecule has 1 heteroatoms. The van der Waals surface area contributed by atoms with Gasteiger partial charge in [0.25, 0.3) is 0 Å². The van der Waals surface area contributed by atoms with E-state index in [9.17, 15) is 0 Å². The average molecular weight is 303 g/mol. The maximum absolute atomic E-state index is 2.80. The third kappa shape index (κ3) is 2.25. The van der Waals surface area contributed by atoms with Crippen molar-refractivity contribution < 1.29 is 0 Å². The van der Waals surface area contributed by atoms with Crippen LogP contribution in [0.1, 0.15) is 41.9 Å². The molecule has 118 valence electrons. The normalized spacial score (nSPS) is 32.3. The first-order valence-electron chi connectivity index (χ1n) is 9.26. The van der Waals surface area contributed by atoms with Gasteiger partial charge in [-0.1, -0.05) is 54.6 Å². The van der Waals surface area contributed by atoms with E-state index in [0.717, 1.165) is 23.8 Å². The molecule has 2 heterocycles.